The van der Waals surface area contributed by atoms with Gasteiger partial charge >= 0.3 is 0 Å². The van der Waals surface area contributed by atoms with Crippen molar-refractivity contribution in [3.63, 3.8) is 0 Å². The first kappa shape index (κ1) is 10.7. The summed E-state index contributed by atoms with van der Waals surface area (Å²) in [6, 6.07) is -0.0900. The Kier molecular flexibility index (Phi) is 6.30. The second-order valence-corrected chi connectivity index (χ2v) is 2.72. The fraction of sp³-hybridized carbons (Fsp3) is 0.833. The monoisotopic (exact) mass is 178 g/mol. The van der Waals surface area contributed by atoms with Gasteiger partial charge in [-0.15, -0.1) is 0 Å². The van der Waals surface area contributed by atoms with Gasteiger partial charge in [0.25, 0.3) is 0 Å². The first-order valence-electron chi connectivity index (χ1n) is 3.41. The zero-order valence-corrected chi connectivity index (χ0v) is 7.47. The van der Waals surface area contributed by atoms with Crippen LogP contribution in [0.1, 0.15) is 20.3 Å². The van der Waals surface area contributed by atoms with E-state index >= 15 is 0 Å². The van der Waals surface area contributed by atoms with Crippen LogP contribution < -0.4 is 0 Å². The van der Waals surface area contributed by atoms with Crippen LogP contribution in [-0.4, -0.2) is 27.6 Å². The normalized spacial score (nSPS) is 17.0. The van der Waals surface area contributed by atoms with E-state index in [9.17, 15) is 8.76 Å². The van der Waals surface area contributed by atoms with E-state index < -0.39 is 11.4 Å². The number of aliphatic imine (C=N–C) groups is 1. The minimum Gasteiger partial charge on any atom is -0.750 e. The van der Waals surface area contributed by atoms with Crippen molar-refractivity contribution in [2.24, 2.45) is 4.99 Å². The minimum absolute atomic E-state index is 0.0900. The molecule has 0 fully saturated rings. The van der Waals surface area contributed by atoms with E-state index in [-0.39, 0.29) is 12.6 Å². The molecule has 0 aromatic heterocycles. The maximum Gasteiger partial charge on any atom is 0.0849 e. The summed E-state index contributed by atoms with van der Waals surface area (Å²) in [5, 5.41) is 0. The van der Waals surface area contributed by atoms with Gasteiger partial charge in [0.2, 0.25) is 0 Å². The van der Waals surface area contributed by atoms with E-state index in [1.54, 1.807) is 13.1 Å². The molecule has 0 aliphatic heterocycles. The summed E-state index contributed by atoms with van der Waals surface area (Å²) in [5.74, 6) is 0. The van der Waals surface area contributed by atoms with Gasteiger partial charge in [-0.2, -0.15) is 0 Å². The van der Waals surface area contributed by atoms with Crippen molar-refractivity contribution >= 4 is 17.6 Å². The van der Waals surface area contributed by atoms with Gasteiger partial charge in [-0.1, -0.05) is 6.92 Å². The van der Waals surface area contributed by atoms with Gasteiger partial charge < -0.3 is 4.55 Å². The van der Waals surface area contributed by atoms with Crippen molar-refractivity contribution in [1.82, 2.24) is 0 Å². The maximum absolute atomic E-state index is 9.90. The standard InChI is InChI=1S/C6H13NO3S/c1-3-4-7-6(2)5-10-11(8)9/h4,6H,3,5H2,1-2H3,(H,8,9)/p-1. The van der Waals surface area contributed by atoms with Crippen molar-refractivity contribution in [2.45, 2.75) is 26.3 Å². The number of rotatable bonds is 5. The van der Waals surface area contributed by atoms with Crippen LogP contribution in [-0.2, 0) is 15.5 Å². The molecule has 0 saturated carbocycles. The smallest absolute Gasteiger partial charge is 0.0849 e. The molecule has 0 aliphatic rings. The summed E-state index contributed by atoms with van der Waals surface area (Å²) in [4.78, 5) is 3.99. The minimum atomic E-state index is -2.42. The van der Waals surface area contributed by atoms with Crippen molar-refractivity contribution in [3.8, 4) is 0 Å². The average molecular weight is 178 g/mol. The fourth-order valence-corrected chi connectivity index (χ4v) is 0.790. The van der Waals surface area contributed by atoms with E-state index in [2.05, 4.69) is 9.18 Å². The van der Waals surface area contributed by atoms with Crippen LogP contribution in [0, 0.1) is 0 Å². The van der Waals surface area contributed by atoms with Crippen molar-refractivity contribution in [3.05, 3.63) is 0 Å². The number of hydrogen-bond acceptors (Lipinski definition) is 4. The Labute approximate surface area is 69.2 Å². The fourth-order valence-electron chi connectivity index (χ4n) is 0.482. The Morgan fingerprint density at radius 3 is 2.91 bits per heavy atom. The molecule has 0 N–H and O–H groups in total. The van der Waals surface area contributed by atoms with Crippen LogP contribution >= 0.6 is 0 Å². The molecular weight excluding hydrogens is 166 g/mol. The Hall–Kier alpha value is -0.260. The largest absolute Gasteiger partial charge is 0.750 e. The lowest BCUT2D eigenvalue weighted by Crippen LogP contribution is -2.10. The van der Waals surface area contributed by atoms with Crippen LogP contribution in [0.4, 0.5) is 0 Å². The van der Waals surface area contributed by atoms with Gasteiger partial charge in [0.15, 0.2) is 0 Å². The van der Waals surface area contributed by atoms with E-state index in [4.69, 9.17) is 0 Å². The SMILES string of the molecule is CCC=NC(C)COS(=O)[O-]. The quantitative estimate of drug-likeness (QED) is 0.459. The van der Waals surface area contributed by atoms with E-state index in [1.165, 1.54) is 0 Å². The molecule has 2 unspecified atom stereocenters. The van der Waals surface area contributed by atoms with E-state index in [0.29, 0.717) is 0 Å². The highest BCUT2D eigenvalue weighted by Gasteiger charge is 1.96. The van der Waals surface area contributed by atoms with Crippen LogP contribution in [0.5, 0.6) is 0 Å². The topological polar surface area (TPSA) is 61.7 Å². The molecule has 0 rings (SSSR count). The second-order valence-electron chi connectivity index (χ2n) is 2.08. The Morgan fingerprint density at radius 2 is 2.45 bits per heavy atom. The molecule has 0 heterocycles. The Balaban J connectivity index is 3.44. The summed E-state index contributed by atoms with van der Waals surface area (Å²) >= 11 is -2.42. The molecule has 2 atom stereocenters. The molecule has 66 valence electrons. The Morgan fingerprint density at radius 1 is 1.82 bits per heavy atom. The maximum atomic E-state index is 9.90. The first-order chi connectivity index (χ1) is 5.16. The molecular formula is C6H12NO3S-. The van der Waals surface area contributed by atoms with Crippen LogP contribution in [0.25, 0.3) is 0 Å². The molecule has 0 aliphatic carbocycles. The van der Waals surface area contributed by atoms with E-state index in [0.717, 1.165) is 6.42 Å². The predicted molar refractivity (Wildman–Crippen MR) is 43.1 cm³/mol. The molecule has 0 spiro atoms. The molecule has 4 nitrogen and oxygen atoms in total. The highest BCUT2D eigenvalue weighted by Crippen LogP contribution is 1.91. The first-order valence-corrected chi connectivity index (χ1v) is 4.41. The summed E-state index contributed by atoms with van der Waals surface area (Å²) in [7, 11) is 0. The summed E-state index contributed by atoms with van der Waals surface area (Å²) in [5.41, 5.74) is 0. The number of hydrogen-bond donors (Lipinski definition) is 0. The average Bonchev–Trinajstić information content (AvgIpc) is 1.97. The molecule has 0 saturated heterocycles. The Bertz CT molecular complexity index is 149. The third-order valence-electron chi connectivity index (χ3n) is 0.948. The molecule has 0 aromatic rings. The summed E-state index contributed by atoms with van der Waals surface area (Å²) in [6.07, 6.45) is 2.59. The lowest BCUT2D eigenvalue weighted by molar-refractivity contribution is 0.284. The zero-order chi connectivity index (χ0) is 8.69. The predicted octanol–water partition coefficient (Wildman–Crippen LogP) is 0.666. The highest BCUT2D eigenvalue weighted by molar-refractivity contribution is 7.74. The van der Waals surface area contributed by atoms with Crippen molar-refractivity contribution in [1.29, 1.82) is 0 Å². The second kappa shape index (κ2) is 6.45. The van der Waals surface area contributed by atoms with Gasteiger partial charge in [-0.05, 0) is 19.6 Å². The molecule has 0 bridgehead atoms. The van der Waals surface area contributed by atoms with Gasteiger partial charge in [0.05, 0.1) is 24.0 Å². The van der Waals surface area contributed by atoms with Gasteiger partial charge in [0.1, 0.15) is 0 Å². The highest BCUT2D eigenvalue weighted by atomic mass is 32.2. The molecule has 11 heavy (non-hydrogen) atoms. The third kappa shape index (κ3) is 7.64. The third-order valence-corrected chi connectivity index (χ3v) is 1.28. The molecule has 5 heteroatoms. The van der Waals surface area contributed by atoms with Crippen molar-refractivity contribution in [2.75, 3.05) is 6.61 Å². The van der Waals surface area contributed by atoms with Crippen LogP contribution in [0.2, 0.25) is 0 Å². The van der Waals surface area contributed by atoms with Crippen LogP contribution in [0.15, 0.2) is 4.99 Å². The lowest BCUT2D eigenvalue weighted by atomic mass is 10.4. The summed E-state index contributed by atoms with van der Waals surface area (Å²) in [6.45, 7) is 3.87. The molecule has 0 radical (unpaired) electrons. The molecule has 0 amide bonds. The van der Waals surface area contributed by atoms with Gasteiger partial charge in [0, 0.05) is 0 Å². The lowest BCUT2D eigenvalue weighted by Gasteiger charge is -2.07. The van der Waals surface area contributed by atoms with Gasteiger partial charge in [-0.3, -0.25) is 9.18 Å². The van der Waals surface area contributed by atoms with Crippen molar-refractivity contribution < 1.29 is 12.9 Å². The van der Waals surface area contributed by atoms with E-state index in [1.807, 2.05) is 6.92 Å². The van der Waals surface area contributed by atoms with Gasteiger partial charge in [-0.25, -0.2) is 4.21 Å². The summed E-state index contributed by atoms with van der Waals surface area (Å²) < 4.78 is 24.1. The zero-order valence-electron chi connectivity index (χ0n) is 6.65. The number of nitrogens with zero attached hydrogens (tertiary/aromatic N) is 1. The van der Waals surface area contributed by atoms with Crippen LogP contribution in [0.3, 0.4) is 0 Å². The molecule has 0 aromatic carbocycles.